The van der Waals surface area contributed by atoms with E-state index in [1.165, 1.54) is 24.8 Å². The standard InChI is InChI=1S/C13H20N2O/c16-10-12-5-1-2-6-13(12)15-9-11-4-3-7-14-8-11/h3-4,7-8,12-13,15-16H,1-2,5-6,9-10H2. The summed E-state index contributed by atoms with van der Waals surface area (Å²) in [5.74, 6) is 0.436. The fourth-order valence-electron chi connectivity index (χ4n) is 2.45. The first kappa shape index (κ1) is 11.6. The van der Waals surface area contributed by atoms with E-state index in [0.717, 1.165) is 13.0 Å². The van der Waals surface area contributed by atoms with Crippen molar-refractivity contribution < 1.29 is 5.11 Å². The molecular weight excluding hydrogens is 200 g/mol. The number of rotatable bonds is 4. The van der Waals surface area contributed by atoms with Gasteiger partial charge in [-0.05, 0) is 30.4 Å². The average molecular weight is 220 g/mol. The summed E-state index contributed by atoms with van der Waals surface area (Å²) in [6, 6.07) is 4.51. The number of aromatic nitrogens is 1. The SMILES string of the molecule is OCC1CCCCC1NCc1cccnc1. The topological polar surface area (TPSA) is 45.1 Å². The molecule has 0 spiro atoms. The fraction of sp³-hybridized carbons (Fsp3) is 0.615. The summed E-state index contributed by atoms with van der Waals surface area (Å²) in [6.45, 7) is 1.17. The second kappa shape index (κ2) is 5.97. The highest BCUT2D eigenvalue weighted by Crippen LogP contribution is 2.24. The molecule has 2 rings (SSSR count). The van der Waals surface area contributed by atoms with Gasteiger partial charge in [0.05, 0.1) is 0 Å². The lowest BCUT2D eigenvalue weighted by Gasteiger charge is -2.31. The number of aliphatic hydroxyl groups is 1. The summed E-state index contributed by atoms with van der Waals surface area (Å²) in [5, 5.41) is 12.8. The minimum absolute atomic E-state index is 0.310. The molecule has 2 atom stereocenters. The Morgan fingerprint density at radius 3 is 3.00 bits per heavy atom. The number of nitrogens with one attached hydrogen (secondary N) is 1. The van der Waals surface area contributed by atoms with Crippen LogP contribution in [0.1, 0.15) is 31.2 Å². The Morgan fingerprint density at radius 2 is 2.25 bits per heavy atom. The summed E-state index contributed by atoms with van der Waals surface area (Å²) in [5.41, 5.74) is 1.21. The van der Waals surface area contributed by atoms with Crippen molar-refractivity contribution in [3.63, 3.8) is 0 Å². The molecule has 1 aliphatic rings. The monoisotopic (exact) mass is 220 g/mol. The quantitative estimate of drug-likeness (QED) is 0.812. The number of hydrogen-bond donors (Lipinski definition) is 2. The molecule has 0 aliphatic heterocycles. The molecule has 3 nitrogen and oxygen atoms in total. The maximum absolute atomic E-state index is 9.31. The number of nitrogens with zero attached hydrogens (tertiary/aromatic N) is 1. The van der Waals surface area contributed by atoms with E-state index in [4.69, 9.17) is 0 Å². The predicted molar refractivity (Wildman–Crippen MR) is 63.9 cm³/mol. The summed E-state index contributed by atoms with van der Waals surface area (Å²) >= 11 is 0. The van der Waals surface area contributed by atoms with E-state index in [1.54, 1.807) is 6.20 Å². The molecule has 0 bridgehead atoms. The van der Waals surface area contributed by atoms with Crippen molar-refractivity contribution in [3.8, 4) is 0 Å². The molecule has 2 unspecified atom stereocenters. The number of aliphatic hydroxyl groups excluding tert-OH is 1. The Morgan fingerprint density at radius 1 is 1.38 bits per heavy atom. The van der Waals surface area contributed by atoms with E-state index in [-0.39, 0.29) is 0 Å². The highest BCUT2D eigenvalue weighted by molar-refractivity contribution is 5.08. The van der Waals surface area contributed by atoms with Gasteiger partial charge in [-0.1, -0.05) is 18.9 Å². The lowest BCUT2D eigenvalue weighted by molar-refractivity contribution is 0.152. The minimum Gasteiger partial charge on any atom is -0.396 e. The Kier molecular flexibility index (Phi) is 4.31. The van der Waals surface area contributed by atoms with Gasteiger partial charge in [0.1, 0.15) is 0 Å². The number of pyridine rings is 1. The largest absolute Gasteiger partial charge is 0.396 e. The molecule has 0 amide bonds. The molecule has 0 radical (unpaired) electrons. The molecule has 0 aromatic carbocycles. The zero-order valence-electron chi connectivity index (χ0n) is 9.60. The van der Waals surface area contributed by atoms with Crippen LogP contribution in [0, 0.1) is 5.92 Å². The van der Waals surface area contributed by atoms with Gasteiger partial charge in [-0.15, -0.1) is 0 Å². The molecule has 1 saturated carbocycles. The maximum Gasteiger partial charge on any atom is 0.0474 e. The van der Waals surface area contributed by atoms with Crippen LogP contribution < -0.4 is 5.32 Å². The Labute approximate surface area is 96.9 Å². The third-order valence-electron chi connectivity index (χ3n) is 3.43. The lowest BCUT2D eigenvalue weighted by Crippen LogP contribution is -2.39. The minimum atomic E-state index is 0.310. The highest BCUT2D eigenvalue weighted by Gasteiger charge is 2.23. The molecule has 88 valence electrons. The van der Waals surface area contributed by atoms with E-state index in [0.29, 0.717) is 18.6 Å². The Hall–Kier alpha value is -0.930. The molecule has 1 aliphatic carbocycles. The zero-order chi connectivity index (χ0) is 11.2. The van der Waals surface area contributed by atoms with Crippen LogP contribution in [0.3, 0.4) is 0 Å². The van der Waals surface area contributed by atoms with Gasteiger partial charge in [-0.25, -0.2) is 0 Å². The maximum atomic E-state index is 9.31. The smallest absolute Gasteiger partial charge is 0.0474 e. The molecule has 16 heavy (non-hydrogen) atoms. The second-order valence-corrected chi connectivity index (χ2v) is 4.58. The number of hydrogen-bond acceptors (Lipinski definition) is 3. The van der Waals surface area contributed by atoms with E-state index in [2.05, 4.69) is 16.4 Å². The van der Waals surface area contributed by atoms with Crippen LogP contribution in [-0.4, -0.2) is 22.7 Å². The van der Waals surface area contributed by atoms with E-state index < -0.39 is 0 Å². The lowest BCUT2D eigenvalue weighted by atomic mass is 9.85. The van der Waals surface area contributed by atoms with Crippen molar-refractivity contribution in [2.45, 2.75) is 38.3 Å². The van der Waals surface area contributed by atoms with E-state index >= 15 is 0 Å². The summed E-state index contributed by atoms with van der Waals surface area (Å²) in [4.78, 5) is 4.10. The van der Waals surface area contributed by atoms with Crippen LogP contribution in [-0.2, 0) is 6.54 Å². The summed E-state index contributed by atoms with van der Waals surface area (Å²) in [6.07, 6.45) is 8.56. The van der Waals surface area contributed by atoms with Crippen LogP contribution >= 0.6 is 0 Å². The van der Waals surface area contributed by atoms with Crippen molar-refractivity contribution >= 4 is 0 Å². The van der Waals surface area contributed by atoms with Crippen LogP contribution in [0.2, 0.25) is 0 Å². The molecule has 1 heterocycles. The molecule has 1 aromatic rings. The van der Waals surface area contributed by atoms with Crippen LogP contribution in [0.4, 0.5) is 0 Å². The second-order valence-electron chi connectivity index (χ2n) is 4.58. The fourth-order valence-corrected chi connectivity index (χ4v) is 2.45. The molecule has 0 saturated heterocycles. The first-order valence-electron chi connectivity index (χ1n) is 6.13. The molecule has 3 heteroatoms. The van der Waals surface area contributed by atoms with Crippen molar-refractivity contribution in [2.24, 2.45) is 5.92 Å². The molecule has 1 fully saturated rings. The van der Waals surface area contributed by atoms with Gasteiger partial charge in [0.25, 0.3) is 0 Å². The van der Waals surface area contributed by atoms with Gasteiger partial charge in [0.2, 0.25) is 0 Å². The van der Waals surface area contributed by atoms with Gasteiger partial charge >= 0.3 is 0 Å². The first-order chi connectivity index (χ1) is 7.90. The van der Waals surface area contributed by atoms with Crippen LogP contribution in [0.5, 0.6) is 0 Å². The summed E-state index contributed by atoms with van der Waals surface area (Å²) in [7, 11) is 0. The zero-order valence-corrected chi connectivity index (χ0v) is 9.60. The molecule has 1 aromatic heterocycles. The van der Waals surface area contributed by atoms with Crippen LogP contribution in [0.25, 0.3) is 0 Å². The Balaban J connectivity index is 1.84. The molecule has 2 N–H and O–H groups in total. The van der Waals surface area contributed by atoms with Crippen molar-refractivity contribution in [1.82, 2.24) is 10.3 Å². The predicted octanol–water partition coefficient (Wildman–Crippen LogP) is 1.72. The average Bonchev–Trinajstić information content (AvgIpc) is 2.38. The van der Waals surface area contributed by atoms with Crippen molar-refractivity contribution in [2.75, 3.05) is 6.61 Å². The normalized spacial score (nSPS) is 25.6. The van der Waals surface area contributed by atoms with Gasteiger partial charge in [0.15, 0.2) is 0 Å². The van der Waals surface area contributed by atoms with Crippen molar-refractivity contribution in [1.29, 1.82) is 0 Å². The van der Waals surface area contributed by atoms with Gasteiger partial charge in [-0.2, -0.15) is 0 Å². The molecular formula is C13H20N2O. The van der Waals surface area contributed by atoms with E-state index in [9.17, 15) is 5.11 Å². The van der Waals surface area contributed by atoms with Gasteiger partial charge < -0.3 is 10.4 Å². The first-order valence-corrected chi connectivity index (χ1v) is 6.13. The third-order valence-corrected chi connectivity index (χ3v) is 3.43. The summed E-state index contributed by atoms with van der Waals surface area (Å²) < 4.78 is 0. The third kappa shape index (κ3) is 3.03. The van der Waals surface area contributed by atoms with E-state index in [1.807, 2.05) is 12.3 Å². The highest BCUT2D eigenvalue weighted by atomic mass is 16.3. The van der Waals surface area contributed by atoms with Gasteiger partial charge in [-0.3, -0.25) is 4.98 Å². The van der Waals surface area contributed by atoms with Gasteiger partial charge in [0, 0.05) is 31.6 Å². The van der Waals surface area contributed by atoms with Crippen LogP contribution in [0.15, 0.2) is 24.5 Å². The van der Waals surface area contributed by atoms with Crippen molar-refractivity contribution in [3.05, 3.63) is 30.1 Å². The Bertz CT molecular complexity index is 302.